The van der Waals surface area contributed by atoms with Crippen LogP contribution in [0.15, 0.2) is 18.2 Å². The number of imidazole rings is 1. The van der Waals surface area contributed by atoms with E-state index in [1.54, 1.807) is 7.11 Å². The van der Waals surface area contributed by atoms with E-state index in [0.29, 0.717) is 0 Å². The molecule has 2 rings (SSSR count). The first-order valence-corrected chi connectivity index (χ1v) is 7.07. The molecule has 0 atom stereocenters. The summed E-state index contributed by atoms with van der Waals surface area (Å²) >= 11 is 0. The van der Waals surface area contributed by atoms with E-state index in [0.717, 1.165) is 48.7 Å². The molecule has 110 valence electrons. The molecule has 1 heterocycles. The molecule has 0 amide bonds. The molecule has 2 aromatic rings. The number of hydrogen-bond donors (Lipinski definition) is 2. The Morgan fingerprint density at radius 3 is 2.90 bits per heavy atom. The number of H-pyrrole nitrogens is 1. The first kappa shape index (κ1) is 14.8. The van der Waals surface area contributed by atoms with Gasteiger partial charge in [0.1, 0.15) is 11.6 Å². The summed E-state index contributed by atoms with van der Waals surface area (Å²) in [6.07, 6.45) is 2.09. The monoisotopic (exact) mass is 276 g/mol. The Kier molecular flexibility index (Phi) is 5.38. The molecular formula is C15H24N4O. The molecule has 0 bridgehead atoms. The third kappa shape index (κ3) is 4.21. The number of nitrogens with one attached hydrogen (secondary N) is 2. The molecule has 0 aliphatic heterocycles. The van der Waals surface area contributed by atoms with Crippen molar-refractivity contribution in [3.8, 4) is 5.75 Å². The van der Waals surface area contributed by atoms with E-state index in [-0.39, 0.29) is 0 Å². The fourth-order valence-electron chi connectivity index (χ4n) is 2.14. The minimum absolute atomic E-state index is 0.856. The lowest BCUT2D eigenvalue weighted by Crippen LogP contribution is -2.23. The van der Waals surface area contributed by atoms with E-state index in [9.17, 15) is 0 Å². The third-order valence-electron chi connectivity index (χ3n) is 3.24. The molecule has 0 aliphatic carbocycles. The van der Waals surface area contributed by atoms with Gasteiger partial charge in [-0.2, -0.15) is 0 Å². The maximum absolute atomic E-state index is 5.21. The number of benzene rings is 1. The molecule has 0 spiro atoms. The lowest BCUT2D eigenvalue weighted by atomic mass is 10.3. The maximum Gasteiger partial charge on any atom is 0.121 e. The van der Waals surface area contributed by atoms with Crippen LogP contribution in [0.2, 0.25) is 0 Å². The summed E-state index contributed by atoms with van der Waals surface area (Å²) in [5.41, 5.74) is 2.03. The summed E-state index contributed by atoms with van der Waals surface area (Å²) < 4.78 is 5.21. The van der Waals surface area contributed by atoms with Gasteiger partial charge in [-0.05, 0) is 45.7 Å². The highest BCUT2D eigenvalue weighted by Gasteiger charge is 2.03. The zero-order valence-corrected chi connectivity index (χ0v) is 12.6. The van der Waals surface area contributed by atoms with Crippen molar-refractivity contribution in [1.82, 2.24) is 20.2 Å². The van der Waals surface area contributed by atoms with E-state index in [4.69, 9.17) is 4.74 Å². The molecule has 20 heavy (non-hydrogen) atoms. The van der Waals surface area contributed by atoms with Crippen LogP contribution >= 0.6 is 0 Å². The second kappa shape index (κ2) is 7.26. The Hall–Kier alpha value is -1.59. The second-order valence-electron chi connectivity index (χ2n) is 5.22. The zero-order chi connectivity index (χ0) is 14.4. The number of aromatic nitrogens is 2. The zero-order valence-electron chi connectivity index (χ0n) is 12.6. The van der Waals surface area contributed by atoms with Crippen molar-refractivity contribution >= 4 is 11.0 Å². The Morgan fingerprint density at radius 1 is 1.30 bits per heavy atom. The van der Waals surface area contributed by atoms with Gasteiger partial charge in [-0.3, -0.25) is 0 Å². The number of nitrogens with zero attached hydrogens (tertiary/aromatic N) is 2. The number of hydrogen-bond acceptors (Lipinski definition) is 4. The van der Waals surface area contributed by atoms with Crippen molar-refractivity contribution < 1.29 is 4.74 Å². The minimum atomic E-state index is 0.856. The van der Waals surface area contributed by atoms with E-state index in [2.05, 4.69) is 34.3 Å². The molecule has 0 fully saturated rings. The lowest BCUT2D eigenvalue weighted by molar-refractivity contribution is 0.395. The number of ether oxygens (including phenoxy) is 1. The first-order valence-electron chi connectivity index (χ1n) is 7.07. The van der Waals surface area contributed by atoms with Crippen molar-refractivity contribution in [1.29, 1.82) is 0 Å². The van der Waals surface area contributed by atoms with Crippen molar-refractivity contribution in [3.05, 3.63) is 24.0 Å². The third-order valence-corrected chi connectivity index (χ3v) is 3.24. The van der Waals surface area contributed by atoms with Crippen LogP contribution in [0.1, 0.15) is 12.2 Å². The molecule has 0 unspecified atom stereocenters. The molecule has 1 aromatic carbocycles. The smallest absolute Gasteiger partial charge is 0.121 e. The summed E-state index contributed by atoms with van der Waals surface area (Å²) in [6.45, 7) is 3.12. The van der Waals surface area contributed by atoms with Gasteiger partial charge >= 0.3 is 0 Å². The molecule has 2 N–H and O–H groups in total. The summed E-state index contributed by atoms with van der Waals surface area (Å²) in [5.74, 6) is 1.88. The average molecular weight is 276 g/mol. The Bertz CT molecular complexity index is 536. The molecule has 0 saturated carbocycles. The summed E-state index contributed by atoms with van der Waals surface area (Å²) in [7, 11) is 5.88. The maximum atomic E-state index is 5.21. The topological polar surface area (TPSA) is 53.2 Å². The van der Waals surface area contributed by atoms with Crippen LogP contribution in [0.4, 0.5) is 0 Å². The van der Waals surface area contributed by atoms with Crippen molar-refractivity contribution in [2.45, 2.75) is 12.8 Å². The molecule has 0 aliphatic rings. The van der Waals surface area contributed by atoms with E-state index in [1.807, 2.05) is 18.2 Å². The molecule has 1 aromatic heterocycles. The van der Waals surface area contributed by atoms with Crippen LogP contribution in [0.25, 0.3) is 11.0 Å². The fraction of sp³-hybridized carbons (Fsp3) is 0.533. The Labute approximate surface area is 120 Å². The van der Waals surface area contributed by atoms with Gasteiger partial charge in [-0.15, -0.1) is 0 Å². The number of fused-ring (bicyclic) bond motifs is 1. The van der Waals surface area contributed by atoms with Gasteiger partial charge in [0, 0.05) is 19.0 Å². The van der Waals surface area contributed by atoms with Crippen LogP contribution < -0.4 is 10.1 Å². The van der Waals surface area contributed by atoms with E-state index in [1.165, 1.54) is 6.42 Å². The summed E-state index contributed by atoms with van der Waals surface area (Å²) in [6, 6.07) is 5.90. The Balaban J connectivity index is 1.78. The largest absolute Gasteiger partial charge is 0.497 e. The van der Waals surface area contributed by atoms with Gasteiger partial charge in [-0.25, -0.2) is 4.98 Å². The molecule has 0 saturated heterocycles. The van der Waals surface area contributed by atoms with Crippen molar-refractivity contribution in [3.63, 3.8) is 0 Å². The van der Waals surface area contributed by atoms with Gasteiger partial charge in [0.2, 0.25) is 0 Å². The van der Waals surface area contributed by atoms with Crippen LogP contribution in [0.5, 0.6) is 5.75 Å². The van der Waals surface area contributed by atoms with Crippen LogP contribution in [-0.2, 0) is 6.42 Å². The lowest BCUT2D eigenvalue weighted by Gasteiger charge is -2.09. The average Bonchev–Trinajstić information content (AvgIpc) is 2.83. The normalized spacial score (nSPS) is 11.4. The molecule has 5 heteroatoms. The van der Waals surface area contributed by atoms with Gasteiger partial charge in [0.25, 0.3) is 0 Å². The first-order chi connectivity index (χ1) is 9.69. The van der Waals surface area contributed by atoms with Gasteiger partial charge in [-0.1, -0.05) is 0 Å². The number of aromatic amines is 1. The van der Waals surface area contributed by atoms with Gasteiger partial charge in [0.05, 0.1) is 18.1 Å². The van der Waals surface area contributed by atoms with Crippen LogP contribution in [0, 0.1) is 0 Å². The molecular weight excluding hydrogens is 252 g/mol. The van der Waals surface area contributed by atoms with Crippen molar-refractivity contribution in [2.24, 2.45) is 0 Å². The van der Waals surface area contributed by atoms with Crippen LogP contribution in [-0.4, -0.2) is 55.7 Å². The Morgan fingerprint density at radius 2 is 2.15 bits per heavy atom. The minimum Gasteiger partial charge on any atom is -0.497 e. The number of rotatable bonds is 8. The van der Waals surface area contributed by atoms with Gasteiger partial charge < -0.3 is 19.9 Å². The predicted molar refractivity (Wildman–Crippen MR) is 82.4 cm³/mol. The van der Waals surface area contributed by atoms with E-state index < -0.39 is 0 Å². The highest BCUT2D eigenvalue weighted by atomic mass is 16.5. The van der Waals surface area contributed by atoms with Crippen LogP contribution in [0.3, 0.4) is 0 Å². The fourth-order valence-corrected chi connectivity index (χ4v) is 2.14. The molecule has 0 radical (unpaired) electrons. The molecule has 5 nitrogen and oxygen atoms in total. The highest BCUT2D eigenvalue weighted by molar-refractivity contribution is 5.76. The predicted octanol–water partition coefficient (Wildman–Crippen LogP) is 1.66. The number of methoxy groups -OCH3 is 1. The standard InChI is InChI=1S/C15H24N4O/c1-19(2)10-4-8-16-9-7-15-17-13-6-5-12(20-3)11-14(13)18-15/h5-6,11,16H,4,7-10H2,1-3H3,(H,17,18). The highest BCUT2D eigenvalue weighted by Crippen LogP contribution is 2.18. The second-order valence-corrected chi connectivity index (χ2v) is 5.22. The summed E-state index contributed by atoms with van der Waals surface area (Å²) in [5, 5.41) is 3.44. The SMILES string of the molecule is COc1ccc2nc(CCNCCCN(C)C)[nH]c2c1. The van der Waals surface area contributed by atoms with E-state index >= 15 is 0 Å². The van der Waals surface area contributed by atoms with Gasteiger partial charge in [0.15, 0.2) is 0 Å². The summed E-state index contributed by atoms with van der Waals surface area (Å²) in [4.78, 5) is 10.1. The quantitative estimate of drug-likeness (QED) is 0.720. The van der Waals surface area contributed by atoms with Crippen molar-refractivity contribution in [2.75, 3.05) is 40.8 Å².